The van der Waals surface area contributed by atoms with Gasteiger partial charge in [0.2, 0.25) is 0 Å². The zero-order chi connectivity index (χ0) is 21.4. The highest BCUT2D eigenvalue weighted by molar-refractivity contribution is 6.22. The molecule has 2 aromatic carbocycles. The van der Waals surface area contributed by atoms with E-state index < -0.39 is 24.4 Å². The van der Waals surface area contributed by atoms with Crippen LogP contribution in [0.5, 0.6) is 0 Å². The molecule has 2 aliphatic rings. The number of hydrogen-bond acceptors (Lipinski definition) is 5. The molecule has 3 amide bonds. The number of esters is 1. The van der Waals surface area contributed by atoms with E-state index in [0.29, 0.717) is 0 Å². The first-order valence-corrected chi connectivity index (χ1v) is 9.60. The number of ether oxygens (including phenoxy) is 1. The van der Waals surface area contributed by atoms with Crippen LogP contribution in [-0.2, 0) is 16.0 Å². The van der Waals surface area contributed by atoms with Gasteiger partial charge in [-0.1, -0.05) is 24.3 Å². The number of carbonyl (C=O) groups is 4. The van der Waals surface area contributed by atoms with Crippen LogP contribution >= 0.6 is 0 Å². The van der Waals surface area contributed by atoms with Crippen LogP contribution in [0.1, 0.15) is 43.6 Å². The van der Waals surface area contributed by atoms with Gasteiger partial charge in [0, 0.05) is 18.3 Å². The van der Waals surface area contributed by atoms with Gasteiger partial charge < -0.3 is 9.64 Å². The summed E-state index contributed by atoms with van der Waals surface area (Å²) < 4.78 is 5.21. The minimum Gasteiger partial charge on any atom is -0.452 e. The molecule has 0 aliphatic carbocycles. The second kappa shape index (κ2) is 7.59. The topological polar surface area (TPSA) is 84.0 Å². The molecule has 0 radical (unpaired) electrons. The lowest BCUT2D eigenvalue weighted by molar-refractivity contribution is -0.122. The summed E-state index contributed by atoms with van der Waals surface area (Å²) in [4.78, 5) is 52.5. The Morgan fingerprint density at radius 1 is 1.13 bits per heavy atom. The number of fused-ring (bicyclic) bond motifs is 2. The summed E-state index contributed by atoms with van der Waals surface area (Å²) in [5.41, 5.74) is 2.39. The largest absolute Gasteiger partial charge is 0.452 e. The van der Waals surface area contributed by atoms with Gasteiger partial charge in [-0.15, -0.1) is 6.58 Å². The van der Waals surface area contributed by atoms with Crippen molar-refractivity contribution in [1.29, 1.82) is 0 Å². The van der Waals surface area contributed by atoms with E-state index in [1.165, 1.54) is 24.3 Å². The number of amides is 3. The van der Waals surface area contributed by atoms with Crippen molar-refractivity contribution in [3.05, 3.63) is 77.4 Å². The summed E-state index contributed by atoms with van der Waals surface area (Å²) in [7, 11) is 0. The van der Waals surface area contributed by atoms with E-state index in [4.69, 9.17) is 4.74 Å². The Hall–Kier alpha value is -3.74. The molecule has 0 fully saturated rings. The van der Waals surface area contributed by atoms with Crippen LogP contribution in [0.2, 0.25) is 0 Å². The second-order valence-corrected chi connectivity index (χ2v) is 7.29. The SMILES string of the molecule is C=CCN1C(=O)c2ccc(C(=O)OCC(=O)N3c4ccccc4CC3C)cc2C1=O. The van der Waals surface area contributed by atoms with E-state index in [-0.39, 0.29) is 35.2 Å². The summed E-state index contributed by atoms with van der Waals surface area (Å²) in [5.74, 6) is -1.95. The normalized spacial score (nSPS) is 17.0. The summed E-state index contributed by atoms with van der Waals surface area (Å²) in [6.07, 6.45) is 2.21. The minimum absolute atomic E-state index is 0.0203. The van der Waals surface area contributed by atoms with Crippen molar-refractivity contribution >= 4 is 29.4 Å². The van der Waals surface area contributed by atoms with Gasteiger partial charge >= 0.3 is 5.97 Å². The minimum atomic E-state index is -0.728. The van der Waals surface area contributed by atoms with Crippen molar-refractivity contribution in [2.75, 3.05) is 18.1 Å². The number of nitrogens with zero attached hydrogens (tertiary/aromatic N) is 2. The number of hydrogen-bond donors (Lipinski definition) is 0. The molecule has 7 heteroatoms. The van der Waals surface area contributed by atoms with Gasteiger partial charge in [0.05, 0.1) is 16.7 Å². The molecule has 30 heavy (non-hydrogen) atoms. The number of rotatable bonds is 5. The fourth-order valence-corrected chi connectivity index (χ4v) is 3.94. The molecular formula is C23H20N2O5. The van der Waals surface area contributed by atoms with Gasteiger partial charge in [-0.25, -0.2) is 4.79 Å². The van der Waals surface area contributed by atoms with Crippen LogP contribution in [0.15, 0.2) is 55.1 Å². The van der Waals surface area contributed by atoms with Crippen molar-refractivity contribution < 1.29 is 23.9 Å². The molecule has 4 rings (SSSR count). The molecule has 152 valence electrons. The predicted octanol–water partition coefficient (Wildman–Crippen LogP) is 2.60. The Balaban J connectivity index is 1.46. The van der Waals surface area contributed by atoms with Crippen LogP contribution in [-0.4, -0.2) is 47.8 Å². The molecule has 0 saturated heterocycles. The number of para-hydroxylation sites is 1. The van der Waals surface area contributed by atoms with Gasteiger partial charge in [0.15, 0.2) is 6.61 Å². The zero-order valence-electron chi connectivity index (χ0n) is 16.5. The van der Waals surface area contributed by atoms with Crippen LogP contribution in [0.3, 0.4) is 0 Å². The molecule has 1 unspecified atom stereocenters. The third kappa shape index (κ3) is 3.18. The quantitative estimate of drug-likeness (QED) is 0.435. The summed E-state index contributed by atoms with van der Waals surface area (Å²) >= 11 is 0. The molecule has 0 bridgehead atoms. The Bertz CT molecular complexity index is 1090. The van der Waals surface area contributed by atoms with Crippen LogP contribution in [0, 0.1) is 0 Å². The third-order valence-corrected chi connectivity index (χ3v) is 5.32. The molecule has 2 heterocycles. The highest BCUT2D eigenvalue weighted by atomic mass is 16.5. The highest BCUT2D eigenvalue weighted by Gasteiger charge is 2.35. The van der Waals surface area contributed by atoms with Gasteiger partial charge in [-0.3, -0.25) is 19.3 Å². The van der Waals surface area contributed by atoms with Crippen molar-refractivity contribution in [2.45, 2.75) is 19.4 Å². The van der Waals surface area contributed by atoms with E-state index >= 15 is 0 Å². The molecule has 0 aromatic heterocycles. The standard InChI is InChI=1S/C23H20N2O5/c1-3-10-24-21(27)17-9-8-16(12-18(17)22(24)28)23(29)30-13-20(26)25-14(2)11-15-6-4-5-7-19(15)25/h3-9,12,14H,1,10-11,13H2,2H3. The fourth-order valence-electron chi connectivity index (χ4n) is 3.94. The Kier molecular flexibility index (Phi) is 4.95. The lowest BCUT2D eigenvalue weighted by atomic mass is 10.1. The molecule has 0 saturated carbocycles. The summed E-state index contributed by atoms with van der Waals surface area (Å²) in [6.45, 7) is 5.16. The van der Waals surface area contributed by atoms with Crippen molar-refractivity contribution in [3.8, 4) is 0 Å². The molecule has 1 atom stereocenters. The molecule has 7 nitrogen and oxygen atoms in total. The average molecular weight is 404 g/mol. The summed E-state index contributed by atoms with van der Waals surface area (Å²) in [6, 6.07) is 11.8. The maximum absolute atomic E-state index is 12.7. The van der Waals surface area contributed by atoms with Crippen molar-refractivity contribution in [1.82, 2.24) is 4.90 Å². The van der Waals surface area contributed by atoms with E-state index in [9.17, 15) is 19.2 Å². The highest BCUT2D eigenvalue weighted by Crippen LogP contribution is 2.32. The zero-order valence-corrected chi connectivity index (χ0v) is 16.5. The molecule has 2 aliphatic heterocycles. The van der Waals surface area contributed by atoms with Gasteiger partial charge in [0.25, 0.3) is 17.7 Å². The van der Waals surface area contributed by atoms with Gasteiger partial charge in [0.1, 0.15) is 0 Å². The smallest absolute Gasteiger partial charge is 0.338 e. The lowest BCUT2D eigenvalue weighted by Crippen LogP contribution is -2.38. The van der Waals surface area contributed by atoms with Crippen LogP contribution in [0.4, 0.5) is 5.69 Å². The molecule has 0 N–H and O–H groups in total. The first-order chi connectivity index (χ1) is 14.4. The van der Waals surface area contributed by atoms with E-state index in [2.05, 4.69) is 6.58 Å². The lowest BCUT2D eigenvalue weighted by Gasteiger charge is -2.22. The van der Waals surface area contributed by atoms with Crippen LogP contribution < -0.4 is 4.90 Å². The summed E-state index contributed by atoms with van der Waals surface area (Å²) in [5, 5.41) is 0. The van der Waals surface area contributed by atoms with E-state index in [1.54, 1.807) is 4.90 Å². The molecular weight excluding hydrogens is 384 g/mol. The number of benzene rings is 2. The third-order valence-electron chi connectivity index (χ3n) is 5.32. The Morgan fingerprint density at radius 2 is 1.87 bits per heavy atom. The fraction of sp³-hybridized carbons (Fsp3) is 0.217. The molecule has 0 spiro atoms. The van der Waals surface area contributed by atoms with Gasteiger partial charge in [-0.2, -0.15) is 0 Å². The van der Waals surface area contributed by atoms with Crippen molar-refractivity contribution in [2.24, 2.45) is 0 Å². The maximum atomic E-state index is 12.7. The molecule has 2 aromatic rings. The number of anilines is 1. The first kappa shape index (κ1) is 19.6. The number of imide groups is 1. The van der Waals surface area contributed by atoms with Crippen LogP contribution in [0.25, 0.3) is 0 Å². The van der Waals surface area contributed by atoms with E-state index in [1.807, 2.05) is 31.2 Å². The Morgan fingerprint density at radius 3 is 2.63 bits per heavy atom. The van der Waals surface area contributed by atoms with Crippen molar-refractivity contribution in [3.63, 3.8) is 0 Å². The average Bonchev–Trinajstić information content (AvgIpc) is 3.20. The Labute approximate surface area is 173 Å². The maximum Gasteiger partial charge on any atom is 0.338 e. The number of carbonyl (C=O) groups excluding carboxylic acids is 4. The van der Waals surface area contributed by atoms with Gasteiger partial charge in [-0.05, 0) is 43.2 Å². The predicted molar refractivity (Wildman–Crippen MR) is 109 cm³/mol. The first-order valence-electron chi connectivity index (χ1n) is 9.60. The monoisotopic (exact) mass is 404 g/mol. The van der Waals surface area contributed by atoms with E-state index in [0.717, 1.165) is 22.6 Å². The second-order valence-electron chi connectivity index (χ2n) is 7.29.